The second-order valence-corrected chi connectivity index (χ2v) is 12.4. The molecule has 2 aliphatic heterocycles. The van der Waals surface area contributed by atoms with Gasteiger partial charge in [-0.2, -0.15) is 0 Å². The molecule has 2 saturated heterocycles. The van der Waals surface area contributed by atoms with Crippen molar-refractivity contribution in [2.75, 3.05) is 44.6 Å². The van der Waals surface area contributed by atoms with Crippen molar-refractivity contribution >= 4 is 40.7 Å². The smallest absolute Gasteiger partial charge is 0.243 e. The van der Waals surface area contributed by atoms with Crippen molar-refractivity contribution in [2.45, 2.75) is 62.5 Å². The number of nitrogens with one attached hydrogen (secondary N) is 1. The number of likely N-dealkylation sites (tertiary alicyclic amines) is 2. The summed E-state index contributed by atoms with van der Waals surface area (Å²) in [5.41, 5.74) is 6.51. The summed E-state index contributed by atoms with van der Waals surface area (Å²) >= 11 is 12.7. The molecule has 3 fully saturated rings. The average Bonchev–Trinajstić information content (AvgIpc) is 3.51. The SMILES string of the molecule is NC(=O)C1(Nc2ccccc2)CCN(CCOC2(c3ccc(Cl)c(Cl)c3)CCN(C(=O)C3CCCC3)CC2)CC1. The first kappa shape index (κ1) is 29.2. The van der Waals surface area contributed by atoms with Gasteiger partial charge in [0, 0.05) is 44.3 Å². The maximum absolute atomic E-state index is 13.1. The maximum Gasteiger partial charge on any atom is 0.243 e. The molecule has 0 aromatic heterocycles. The fourth-order valence-corrected chi connectivity index (χ4v) is 6.87. The molecule has 2 aromatic rings. The molecule has 0 spiro atoms. The van der Waals surface area contributed by atoms with Gasteiger partial charge in [-0.1, -0.05) is 60.3 Å². The van der Waals surface area contributed by atoms with Crippen LogP contribution in [0.2, 0.25) is 10.0 Å². The first-order valence-electron chi connectivity index (χ1n) is 14.5. The van der Waals surface area contributed by atoms with Crippen LogP contribution in [0.3, 0.4) is 0 Å². The molecule has 2 aromatic carbocycles. The third-order valence-corrected chi connectivity index (χ3v) is 9.90. The van der Waals surface area contributed by atoms with E-state index in [1.807, 2.05) is 53.4 Å². The standard InChI is InChI=1S/C31H40Cl2N4O3/c32-26-11-10-24(22-27(26)33)31(14-18-37(19-15-31)28(38)23-6-4-5-7-23)40-21-20-36-16-12-30(13-17-36,29(34)39)35-25-8-2-1-3-9-25/h1-3,8-11,22-23,35H,4-7,12-21H2,(H2,34,39). The van der Waals surface area contributed by atoms with Gasteiger partial charge in [0.2, 0.25) is 11.8 Å². The fourth-order valence-electron chi connectivity index (χ4n) is 6.57. The van der Waals surface area contributed by atoms with E-state index < -0.39 is 11.1 Å². The predicted octanol–water partition coefficient (Wildman–Crippen LogP) is 5.45. The third kappa shape index (κ3) is 6.43. The van der Waals surface area contributed by atoms with Crippen molar-refractivity contribution in [3.05, 3.63) is 64.1 Å². The lowest BCUT2D eigenvalue weighted by Gasteiger charge is -2.44. The number of halogens is 2. The van der Waals surface area contributed by atoms with Crippen LogP contribution >= 0.6 is 23.2 Å². The minimum atomic E-state index is -0.751. The van der Waals surface area contributed by atoms with Gasteiger partial charge in [0.05, 0.1) is 22.3 Å². The monoisotopic (exact) mass is 586 g/mol. The number of nitrogens with two attached hydrogens (primary N) is 1. The number of hydrogen-bond donors (Lipinski definition) is 2. The molecule has 2 amide bonds. The number of piperidine rings is 2. The van der Waals surface area contributed by atoms with Crippen LogP contribution in [-0.4, -0.2) is 66.5 Å². The highest BCUT2D eigenvalue weighted by Crippen LogP contribution is 2.40. The fraction of sp³-hybridized carbons (Fsp3) is 0.548. The number of ether oxygens (including phenoxy) is 1. The van der Waals surface area contributed by atoms with Gasteiger partial charge < -0.3 is 25.6 Å². The Balaban J connectivity index is 1.20. The number of para-hydroxylation sites is 1. The van der Waals surface area contributed by atoms with E-state index in [1.165, 1.54) is 0 Å². The third-order valence-electron chi connectivity index (χ3n) is 9.16. The van der Waals surface area contributed by atoms with Crippen LogP contribution in [0.15, 0.2) is 48.5 Å². The van der Waals surface area contributed by atoms with E-state index in [9.17, 15) is 9.59 Å². The molecule has 0 radical (unpaired) electrons. The second kappa shape index (κ2) is 12.7. The molecule has 1 aliphatic carbocycles. The quantitative estimate of drug-likeness (QED) is 0.408. The number of carbonyl (C=O) groups is 2. The number of rotatable bonds is 9. The Morgan fingerprint density at radius 3 is 2.23 bits per heavy atom. The largest absolute Gasteiger partial charge is 0.371 e. The van der Waals surface area contributed by atoms with Gasteiger partial charge in [-0.05, 0) is 68.4 Å². The summed E-state index contributed by atoms with van der Waals surface area (Å²) in [6.07, 6.45) is 7.03. The Hall–Kier alpha value is -2.32. The zero-order valence-electron chi connectivity index (χ0n) is 23.0. The lowest BCUT2D eigenvalue weighted by atomic mass is 9.83. The Labute approximate surface area is 247 Å². The minimum absolute atomic E-state index is 0.182. The zero-order valence-corrected chi connectivity index (χ0v) is 24.6. The van der Waals surface area contributed by atoms with Gasteiger partial charge >= 0.3 is 0 Å². The Morgan fingerprint density at radius 1 is 0.925 bits per heavy atom. The van der Waals surface area contributed by atoms with Crippen molar-refractivity contribution in [1.29, 1.82) is 0 Å². The Kier molecular flexibility index (Phi) is 9.25. The number of benzene rings is 2. The van der Waals surface area contributed by atoms with Gasteiger partial charge in [-0.15, -0.1) is 0 Å². The molecule has 40 heavy (non-hydrogen) atoms. The maximum atomic E-state index is 13.1. The normalized spacial score (nSPS) is 21.3. The van der Waals surface area contributed by atoms with Gasteiger partial charge in [0.15, 0.2) is 0 Å². The number of anilines is 1. The van der Waals surface area contributed by atoms with E-state index in [1.54, 1.807) is 0 Å². The summed E-state index contributed by atoms with van der Waals surface area (Å²) < 4.78 is 6.71. The van der Waals surface area contributed by atoms with E-state index in [2.05, 4.69) is 10.2 Å². The molecule has 216 valence electrons. The summed E-state index contributed by atoms with van der Waals surface area (Å²) in [7, 11) is 0. The number of carbonyl (C=O) groups excluding carboxylic acids is 2. The molecule has 0 atom stereocenters. The number of hydrogen-bond acceptors (Lipinski definition) is 5. The molecule has 7 nitrogen and oxygen atoms in total. The molecule has 9 heteroatoms. The number of nitrogens with zero attached hydrogens (tertiary/aromatic N) is 2. The van der Waals surface area contributed by atoms with E-state index in [0.717, 1.165) is 69.4 Å². The highest BCUT2D eigenvalue weighted by molar-refractivity contribution is 6.42. The van der Waals surface area contributed by atoms with Crippen LogP contribution in [0.25, 0.3) is 0 Å². The molecule has 2 heterocycles. The Bertz CT molecular complexity index is 1170. The van der Waals surface area contributed by atoms with Crippen molar-refractivity contribution < 1.29 is 14.3 Å². The van der Waals surface area contributed by atoms with Crippen LogP contribution in [0.1, 0.15) is 56.9 Å². The van der Waals surface area contributed by atoms with Crippen LogP contribution in [-0.2, 0) is 19.9 Å². The molecule has 0 unspecified atom stereocenters. The van der Waals surface area contributed by atoms with Crippen molar-refractivity contribution in [3.63, 3.8) is 0 Å². The van der Waals surface area contributed by atoms with Crippen molar-refractivity contribution in [3.8, 4) is 0 Å². The van der Waals surface area contributed by atoms with Crippen LogP contribution in [0, 0.1) is 5.92 Å². The average molecular weight is 588 g/mol. The van der Waals surface area contributed by atoms with E-state index in [4.69, 9.17) is 33.7 Å². The summed E-state index contributed by atoms with van der Waals surface area (Å²) in [5, 5.41) is 4.43. The number of primary amides is 1. The lowest BCUT2D eigenvalue weighted by molar-refractivity contribution is -0.144. The van der Waals surface area contributed by atoms with Crippen LogP contribution in [0.5, 0.6) is 0 Å². The summed E-state index contributed by atoms with van der Waals surface area (Å²) in [6, 6.07) is 15.5. The molecule has 5 rings (SSSR count). The summed E-state index contributed by atoms with van der Waals surface area (Å²) in [6.45, 7) is 4.11. The summed E-state index contributed by atoms with van der Waals surface area (Å²) in [4.78, 5) is 29.9. The molecule has 3 aliphatic rings. The zero-order chi connectivity index (χ0) is 28.2. The molecule has 3 N–H and O–H groups in total. The first-order valence-corrected chi connectivity index (χ1v) is 15.3. The van der Waals surface area contributed by atoms with E-state index in [-0.39, 0.29) is 11.8 Å². The van der Waals surface area contributed by atoms with Crippen molar-refractivity contribution in [1.82, 2.24) is 9.80 Å². The second-order valence-electron chi connectivity index (χ2n) is 11.6. The van der Waals surface area contributed by atoms with Crippen LogP contribution in [0.4, 0.5) is 5.69 Å². The van der Waals surface area contributed by atoms with Gasteiger partial charge in [0.1, 0.15) is 5.54 Å². The molecule has 1 saturated carbocycles. The highest BCUT2D eigenvalue weighted by atomic mass is 35.5. The topological polar surface area (TPSA) is 87.9 Å². The predicted molar refractivity (Wildman–Crippen MR) is 160 cm³/mol. The van der Waals surface area contributed by atoms with E-state index >= 15 is 0 Å². The van der Waals surface area contributed by atoms with Crippen molar-refractivity contribution in [2.24, 2.45) is 11.7 Å². The minimum Gasteiger partial charge on any atom is -0.371 e. The van der Waals surface area contributed by atoms with Gasteiger partial charge in [-0.3, -0.25) is 9.59 Å². The van der Waals surface area contributed by atoms with Gasteiger partial charge in [-0.25, -0.2) is 0 Å². The molecular formula is C31H40Cl2N4O3. The summed E-state index contributed by atoms with van der Waals surface area (Å²) in [5.74, 6) is 0.168. The first-order chi connectivity index (χ1) is 19.3. The van der Waals surface area contributed by atoms with Crippen LogP contribution < -0.4 is 11.1 Å². The number of amides is 2. The molecule has 0 bridgehead atoms. The van der Waals surface area contributed by atoms with E-state index in [0.29, 0.717) is 48.5 Å². The highest BCUT2D eigenvalue weighted by Gasteiger charge is 2.42. The van der Waals surface area contributed by atoms with Gasteiger partial charge in [0.25, 0.3) is 0 Å². The lowest BCUT2D eigenvalue weighted by Crippen LogP contribution is -2.57. The Morgan fingerprint density at radius 2 is 1.60 bits per heavy atom. The molecular weight excluding hydrogens is 547 g/mol.